The first-order valence-electron chi connectivity index (χ1n) is 11.0. The lowest BCUT2D eigenvalue weighted by molar-refractivity contribution is -0.462. The lowest BCUT2D eigenvalue weighted by atomic mass is 9.78. The van der Waals surface area contributed by atoms with E-state index in [0.717, 1.165) is 32.1 Å². The number of rotatable bonds is 4. The molecule has 2 saturated heterocycles. The molecule has 29 heavy (non-hydrogen) atoms. The van der Waals surface area contributed by atoms with Crippen LogP contribution in [0, 0.1) is 11.8 Å². The van der Waals surface area contributed by atoms with E-state index in [-0.39, 0.29) is 29.8 Å². The summed E-state index contributed by atoms with van der Waals surface area (Å²) in [4.78, 5) is 24.4. The zero-order chi connectivity index (χ0) is 20.0. The largest absolute Gasteiger partial charge is 0.467 e. The Kier molecular flexibility index (Phi) is 5.14. The number of ether oxygens (including phenoxy) is 2. The van der Waals surface area contributed by atoms with Gasteiger partial charge >= 0.3 is 5.97 Å². The summed E-state index contributed by atoms with van der Waals surface area (Å²) in [5.41, 5.74) is 1.06. The molecule has 6 nitrogen and oxygen atoms in total. The van der Waals surface area contributed by atoms with Gasteiger partial charge in [0.25, 0.3) is 0 Å². The topological polar surface area (TPSA) is 57.2 Å². The van der Waals surface area contributed by atoms with Crippen molar-refractivity contribution in [3.8, 4) is 0 Å². The van der Waals surface area contributed by atoms with E-state index in [4.69, 9.17) is 19.1 Å². The molecule has 4 aliphatic rings. The van der Waals surface area contributed by atoms with E-state index >= 15 is 0 Å². The van der Waals surface area contributed by atoms with Gasteiger partial charge in [-0.15, -0.1) is 0 Å². The second kappa shape index (κ2) is 7.65. The highest BCUT2D eigenvalue weighted by Gasteiger charge is 2.65. The standard InChI is InChI=1S/C23H31NO5/c1-23-16-12-13-18(23)21(22(25)26-2)29-24(23)28-20(14-16)27-19-11-7-6-10-17(19)15-8-4-3-5-9-15/h3-5,8-9,16-21H,6-7,10-14H2,1-2H3/t16-,17?,18+,19?,20-,21-,23+/m0/s1. The normalized spacial score (nSPS) is 41.9. The van der Waals surface area contributed by atoms with Crippen molar-refractivity contribution < 1.29 is 23.9 Å². The first-order chi connectivity index (χ1) is 14.1. The second-order valence-corrected chi connectivity index (χ2v) is 9.16. The van der Waals surface area contributed by atoms with Crippen molar-refractivity contribution in [3.05, 3.63) is 35.9 Å². The Morgan fingerprint density at radius 2 is 1.90 bits per heavy atom. The number of hydroxylamine groups is 2. The third kappa shape index (κ3) is 3.21. The Labute approximate surface area is 172 Å². The van der Waals surface area contributed by atoms with Gasteiger partial charge in [-0.3, -0.25) is 4.84 Å². The van der Waals surface area contributed by atoms with Gasteiger partial charge in [0.05, 0.1) is 18.8 Å². The molecule has 0 spiro atoms. The van der Waals surface area contributed by atoms with E-state index in [1.165, 1.54) is 25.5 Å². The van der Waals surface area contributed by atoms with E-state index in [1.54, 1.807) is 5.23 Å². The monoisotopic (exact) mass is 401 g/mol. The van der Waals surface area contributed by atoms with E-state index in [0.29, 0.717) is 11.8 Å². The average Bonchev–Trinajstić information content (AvgIpc) is 3.24. The third-order valence-corrected chi connectivity index (χ3v) is 7.75. The predicted molar refractivity (Wildman–Crippen MR) is 105 cm³/mol. The van der Waals surface area contributed by atoms with Crippen LogP contribution >= 0.6 is 0 Å². The summed E-state index contributed by atoms with van der Waals surface area (Å²) in [6.45, 7) is 2.15. The fourth-order valence-electron chi connectivity index (χ4n) is 6.12. The molecule has 1 aromatic carbocycles. The van der Waals surface area contributed by atoms with Crippen LogP contribution in [0.25, 0.3) is 0 Å². The number of nitrogens with zero attached hydrogens (tertiary/aromatic N) is 1. The second-order valence-electron chi connectivity index (χ2n) is 9.16. The molecule has 5 rings (SSSR count). The van der Waals surface area contributed by atoms with Crippen molar-refractivity contribution in [1.82, 2.24) is 5.23 Å². The molecule has 2 unspecified atom stereocenters. The molecular formula is C23H31NO5. The summed E-state index contributed by atoms with van der Waals surface area (Å²) in [5.74, 6) is 0.580. The van der Waals surface area contributed by atoms with Gasteiger partial charge in [0.2, 0.25) is 0 Å². The molecule has 0 bridgehead atoms. The molecule has 0 amide bonds. The van der Waals surface area contributed by atoms with E-state index in [1.807, 2.05) is 0 Å². The first-order valence-corrected chi connectivity index (χ1v) is 11.0. The first kappa shape index (κ1) is 19.5. The van der Waals surface area contributed by atoms with Crippen LogP contribution in [0.5, 0.6) is 0 Å². The molecule has 2 saturated carbocycles. The maximum absolute atomic E-state index is 12.2. The number of methoxy groups -OCH3 is 1. The maximum atomic E-state index is 12.2. The number of hydrogen-bond donors (Lipinski definition) is 0. The Hall–Kier alpha value is -1.47. The quantitative estimate of drug-likeness (QED) is 0.712. The van der Waals surface area contributed by atoms with Gasteiger partial charge in [0, 0.05) is 18.3 Å². The van der Waals surface area contributed by atoms with E-state index in [9.17, 15) is 4.79 Å². The Bertz CT molecular complexity index is 742. The van der Waals surface area contributed by atoms with Crippen LogP contribution in [0.15, 0.2) is 30.3 Å². The average molecular weight is 402 g/mol. The highest BCUT2D eigenvalue weighted by Crippen LogP contribution is 2.56. The molecule has 7 atom stereocenters. The van der Waals surface area contributed by atoms with Gasteiger partial charge in [-0.1, -0.05) is 48.4 Å². The predicted octanol–water partition coefficient (Wildman–Crippen LogP) is 3.96. The van der Waals surface area contributed by atoms with Gasteiger partial charge in [-0.2, -0.15) is 0 Å². The lowest BCUT2D eigenvalue weighted by Gasteiger charge is -2.45. The van der Waals surface area contributed by atoms with Gasteiger partial charge in [0.1, 0.15) is 0 Å². The number of carbonyl (C=O) groups is 1. The fraction of sp³-hybridized carbons (Fsp3) is 0.696. The van der Waals surface area contributed by atoms with Crippen LogP contribution in [-0.4, -0.2) is 42.3 Å². The summed E-state index contributed by atoms with van der Waals surface area (Å²) < 4.78 is 11.5. The molecule has 0 radical (unpaired) electrons. The minimum absolute atomic E-state index is 0.104. The van der Waals surface area contributed by atoms with Crippen LogP contribution in [0.3, 0.4) is 0 Å². The summed E-state index contributed by atoms with van der Waals surface area (Å²) in [6.07, 6.45) is 6.71. The highest BCUT2D eigenvalue weighted by molar-refractivity contribution is 5.75. The van der Waals surface area contributed by atoms with Gasteiger partial charge in [-0.25, -0.2) is 9.63 Å². The highest BCUT2D eigenvalue weighted by atomic mass is 17.0. The van der Waals surface area contributed by atoms with Gasteiger partial charge < -0.3 is 9.47 Å². The number of carbonyl (C=O) groups excluding carboxylic acids is 1. The molecule has 1 aromatic rings. The van der Waals surface area contributed by atoms with Crippen molar-refractivity contribution in [2.75, 3.05) is 7.11 Å². The molecule has 6 heteroatoms. The molecule has 158 valence electrons. The molecule has 2 heterocycles. The Morgan fingerprint density at radius 1 is 1.10 bits per heavy atom. The summed E-state index contributed by atoms with van der Waals surface area (Å²) in [6, 6.07) is 10.7. The third-order valence-electron chi connectivity index (χ3n) is 7.75. The number of esters is 1. The molecule has 2 aliphatic carbocycles. The van der Waals surface area contributed by atoms with Crippen molar-refractivity contribution in [2.24, 2.45) is 11.8 Å². The van der Waals surface area contributed by atoms with Crippen LogP contribution in [-0.2, 0) is 23.9 Å². The van der Waals surface area contributed by atoms with Gasteiger partial charge in [-0.05, 0) is 44.1 Å². The zero-order valence-electron chi connectivity index (χ0n) is 17.3. The van der Waals surface area contributed by atoms with E-state index < -0.39 is 6.10 Å². The zero-order valence-corrected chi connectivity index (χ0v) is 17.3. The van der Waals surface area contributed by atoms with Gasteiger partial charge in [0.15, 0.2) is 12.4 Å². The molecule has 0 aromatic heterocycles. The minimum Gasteiger partial charge on any atom is -0.467 e. The van der Waals surface area contributed by atoms with Crippen LogP contribution in [0.1, 0.15) is 63.4 Å². The van der Waals surface area contributed by atoms with Crippen molar-refractivity contribution in [3.63, 3.8) is 0 Å². The lowest BCUT2D eigenvalue weighted by Crippen LogP contribution is -2.55. The molecule has 4 fully saturated rings. The molecular weight excluding hydrogens is 370 g/mol. The van der Waals surface area contributed by atoms with Crippen LogP contribution in [0.4, 0.5) is 0 Å². The Morgan fingerprint density at radius 3 is 2.69 bits per heavy atom. The number of hydrogen-bond acceptors (Lipinski definition) is 6. The minimum atomic E-state index is -0.583. The van der Waals surface area contributed by atoms with Crippen molar-refractivity contribution >= 4 is 5.97 Å². The number of benzene rings is 1. The summed E-state index contributed by atoms with van der Waals surface area (Å²) >= 11 is 0. The molecule has 2 aliphatic heterocycles. The van der Waals surface area contributed by atoms with Crippen LogP contribution in [0.2, 0.25) is 0 Å². The SMILES string of the molecule is COC(=O)[C@H]1ON2O[C@H](OC3CCCCC3c3ccccc3)C[C@@H]3CC[C@H]1[C@@]32C. The summed E-state index contributed by atoms with van der Waals surface area (Å²) in [5, 5.41) is 1.59. The Balaban J connectivity index is 1.32. The smallest absolute Gasteiger partial charge is 0.337 e. The van der Waals surface area contributed by atoms with Crippen molar-refractivity contribution in [1.29, 1.82) is 0 Å². The summed E-state index contributed by atoms with van der Waals surface area (Å²) in [7, 11) is 1.41. The van der Waals surface area contributed by atoms with Crippen LogP contribution < -0.4 is 0 Å². The van der Waals surface area contributed by atoms with Crippen molar-refractivity contribution in [2.45, 2.75) is 81.8 Å². The fourth-order valence-corrected chi connectivity index (χ4v) is 6.12. The molecule has 0 N–H and O–H groups in total. The maximum Gasteiger partial charge on any atom is 0.337 e. The van der Waals surface area contributed by atoms with E-state index in [2.05, 4.69) is 37.3 Å².